The van der Waals surface area contributed by atoms with Gasteiger partial charge in [-0.15, -0.1) is 0 Å². The molecule has 1 heterocycles. The zero-order valence-corrected chi connectivity index (χ0v) is 9.43. The maximum atomic E-state index is 13.5. The summed E-state index contributed by atoms with van der Waals surface area (Å²) in [7, 11) is 0. The number of ketones is 1. The highest BCUT2D eigenvalue weighted by molar-refractivity contribution is 6.14. The van der Waals surface area contributed by atoms with Gasteiger partial charge in [0.2, 0.25) is 0 Å². The summed E-state index contributed by atoms with van der Waals surface area (Å²) in [6.45, 7) is 0. The third kappa shape index (κ3) is 2.47. The van der Waals surface area contributed by atoms with Crippen molar-refractivity contribution in [2.45, 2.75) is 0 Å². The highest BCUT2D eigenvalue weighted by atomic mass is 19.1. The summed E-state index contributed by atoms with van der Waals surface area (Å²) >= 11 is 0. The number of carboxylic acid groups (broad SMARTS) is 1. The number of halogens is 2. The van der Waals surface area contributed by atoms with Crippen molar-refractivity contribution in [1.29, 1.82) is 0 Å². The van der Waals surface area contributed by atoms with Crippen molar-refractivity contribution in [2.24, 2.45) is 0 Å². The first-order valence-corrected chi connectivity index (χ1v) is 5.17. The minimum Gasteiger partial charge on any atom is -0.478 e. The normalized spacial score (nSPS) is 10.2. The third-order valence-corrected chi connectivity index (χ3v) is 2.47. The van der Waals surface area contributed by atoms with Crippen molar-refractivity contribution in [3.63, 3.8) is 0 Å². The maximum Gasteiger partial charge on any atom is 0.336 e. The number of carbonyl (C=O) groups is 2. The molecule has 19 heavy (non-hydrogen) atoms. The number of carbonyl (C=O) groups excluding carboxylic acids is 1. The summed E-state index contributed by atoms with van der Waals surface area (Å²) in [6.07, 6.45) is 2.21. The summed E-state index contributed by atoms with van der Waals surface area (Å²) in [5.74, 6) is -3.98. The second-order valence-electron chi connectivity index (χ2n) is 3.68. The molecule has 0 amide bonds. The van der Waals surface area contributed by atoms with Gasteiger partial charge in [0.15, 0.2) is 5.78 Å². The van der Waals surface area contributed by atoms with E-state index < -0.39 is 29.0 Å². The molecule has 0 bridgehead atoms. The molecule has 1 aromatic heterocycles. The number of aromatic carboxylic acids is 1. The molecule has 1 aromatic carbocycles. The number of hydrogen-bond acceptors (Lipinski definition) is 3. The van der Waals surface area contributed by atoms with Gasteiger partial charge in [-0.1, -0.05) is 0 Å². The van der Waals surface area contributed by atoms with Crippen LogP contribution in [0, 0.1) is 11.6 Å². The molecular formula is C13H7F2NO3. The van der Waals surface area contributed by atoms with E-state index in [-0.39, 0.29) is 11.1 Å². The van der Waals surface area contributed by atoms with Gasteiger partial charge in [-0.25, -0.2) is 13.6 Å². The van der Waals surface area contributed by atoms with Gasteiger partial charge in [-0.05, 0) is 24.3 Å². The van der Waals surface area contributed by atoms with Crippen LogP contribution < -0.4 is 0 Å². The average Bonchev–Trinajstić information content (AvgIpc) is 2.40. The smallest absolute Gasteiger partial charge is 0.336 e. The predicted molar refractivity (Wildman–Crippen MR) is 61.0 cm³/mol. The SMILES string of the molecule is O=C(O)c1ccncc1C(=O)c1cc(F)ccc1F. The molecule has 0 aliphatic heterocycles. The fraction of sp³-hybridized carbons (Fsp3) is 0. The van der Waals surface area contributed by atoms with Crippen LogP contribution in [0.25, 0.3) is 0 Å². The molecule has 2 aromatic rings. The fourth-order valence-electron chi connectivity index (χ4n) is 1.58. The standard InChI is InChI=1S/C13H7F2NO3/c14-7-1-2-11(15)9(5-7)12(17)10-6-16-4-3-8(10)13(18)19/h1-6H,(H,18,19). The number of benzene rings is 1. The van der Waals surface area contributed by atoms with Gasteiger partial charge < -0.3 is 5.11 Å². The molecule has 0 aliphatic carbocycles. The lowest BCUT2D eigenvalue weighted by Crippen LogP contribution is -2.11. The summed E-state index contributed by atoms with van der Waals surface area (Å²) in [4.78, 5) is 26.6. The molecule has 0 saturated carbocycles. The minimum atomic E-state index is -1.34. The highest BCUT2D eigenvalue weighted by Crippen LogP contribution is 2.17. The first kappa shape index (κ1) is 12.8. The molecule has 6 heteroatoms. The molecule has 0 aliphatic rings. The first-order chi connectivity index (χ1) is 9.00. The van der Waals surface area contributed by atoms with Crippen LogP contribution in [0.1, 0.15) is 26.3 Å². The van der Waals surface area contributed by atoms with E-state index in [1.54, 1.807) is 0 Å². The Morgan fingerprint density at radius 2 is 1.79 bits per heavy atom. The Labute approximate surface area is 106 Å². The lowest BCUT2D eigenvalue weighted by Gasteiger charge is -2.05. The number of carboxylic acids is 1. The lowest BCUT2D eigenvalue weighted by molar-refractivity contribution is 0.0692. The average molecular weight is 263 g/mol. The quantitative estimate of drug-likeness (QED) is 0.863. The van der Waals surface area contributed by atoms with Crippen molar-refractivity contribution in [2.75, 3.05) is 0 Å². The Morgan fingerprint density at radius 1 is 1.05 bits per heavy atom. The van der Waals surface area contributed by atoms with Crippen molar-refractivity contribution >= 4 is 11.8 Å². The Bertz CT molecular complexity index is 671. The van der Waals surface area contributed by atoms with Gasteiger partial charge in [0.05, 0.1) is 16.7 Å². The molecule has 0 fully saturated rings. The Balaban J connectivity index is 2.56. The van der Waals surface area contributed by atoms with Gasteiger partial charge >= 0.3 is 5.97 Å². The van der Waals surface area contributed by atoms with Gasteiger partial charge in [-0.2, -0.15) is 0 Å². The van der Waals surface area contributed by atoms with E-state index in [2.05, 4.69) is 4.98 Å². The molecule has 0 unspecified atom stereocenters. The van der Waals surface area contributed by atoms with Crippen molar-refractivity contribution in [3.05, 3.63) is 65.0 Å². The Kier molecular flexibility index (Phi) is 3.33. The van der Waals surface area contributed by atoms with Crippen LogP contribution in [-0.2, 0) is 0 Å². The molecule has 0 spiro atoms. The molecule has 0 saturated heterocycles. The van der Waals surface area contributed by atoms with Crippen LogP contribution >= 0.6 is 0 Å². The van der Waals surface area contributed by atoms with E-state index in [0.29, 0.717) is 0 Å². The Morgan fingerprint density at radius 3 is 2.47 bits per heavy atom. The van der Waals surface area contributed by atoms with E-state index in [9.17, 15) is 18.4 Å². The number of rotatable bonds is 3. The van der Waals surface area contributed by atoms with Gasteiger partial charge in [-0.3, -0.25) is 9.78 Å². The van der Waals surface area contributed by atoms with Crippen LogP contribution in [0.15, 0.2) is 36.7 Å². The second-order valence-corrected chi connectivity index (χ2v) is 3.68. The summed E-state index contributed by atoms with van der Waals surface area (Å²) < 4.78 is 26.5. The lowest BCUT2D eigenvalue weighted by atomic mass is 10.00. The van der Waals surface area contributed by atoms with E-state index >= 15 is 0 Å². The first-order valence-electron chi connectivity index (χ1n) is 5.17. The topological polar surface area (TPSA) is 67.3 Å². The van der Waals surface area contributed by atoms with Crippen LogP contribution in [0.4, 0.5) is 8.78 Å². The highest BCUT2D eigenvalue weighted by Gasteiger charge is 2.21. The van der Waals surface area contributed by atoms with Gasteiger partial charge in [0, 0.05) is 12.4 Å². The largest absolute Gasteiger partial charge is 0.478 e. The van der Waals surface area contributed by atoms with Crippen LogP contribution in [0.2, 0.25) is 0 Å². The molecule has 2 rings (SSSR count). The molecule has 1 N–H and O–H groups in total. The van der Waals surface area contributed by atoms with E-state index in [0.717, 1.165) is 30.5 Å². The van der Waals surface area contributed by atoms with E-state index in [1.165, 1.54) is 6.20 Å². The molecule has 4 nitrogen and oxygen atoms in total. The fourth-order valence-corrected chi connectivity index (χ4v) is 1.58. The zero-order valence-electron chi connectivity index (χ0n) is 9.43. The third-order valence-electron chi connectivity index (χ3n) is 2.47. The number of pyridine rings is 1. The van der Waals surface area contributed by atoms with Crippen LogP contribution in [0.5, 0.6) is 0 Å². The molecule has 0 radical (unpaired) electrons. The van der Waals surface area contributed by atoms with Crippen molar-refractivity contribution in [3.8, 4) is 0 Å². The predicted octanol–water partition coefficient (Wildman–Crippen LogP) is 2.29. The molecule has 0 atom stereocenters. The van der Waals surface area contributed by atoms with Crippen LogP contribution in [-0.4, -0.2) is 21.8 Å². The summed E-state index contributed by atoms with van der Waals surface area (Å²) in [6, 6.07) is 3.51. The van der Waals surface area contributed by atoms with Gasteiger partial charge in [0.1, 0.15) is 11.6 Å². The molecule has 96 valence electrons. The minimum absolute atomic E-state index is 0.292. The second kappa shape index (κ2) is 4.93. The summed E-state index contributed by atoms with van der Waals surface area (Å²) in [5.41, 5.74) is -1.14. The Hall–Kier alpha value is -2.63. The van der Waals surface area contributed by atoms with Gasteiger partial charge in [0.25, 0.3) is 0 Å². The number of nitrogens with zero attached hydrogens (tertiary/aromatic N) is 1. The zero-order chi connectivity index (χ0) is 14.0. The van der Waals surface area contributed by atoms with Crippen molar-refractivity contribution < 1.29 is 23.5 Å². The number of hydrogen-bond donors (Lipinski definition) is 1. The molecular weight excluding hydrogens is 256 g/mol. The van der Waals surface area contributed by atoms with E-state index in [4.69, 9.17) is 5.11 Å². The monoisotopic (exact) mass is 263 g/mol. The van der Waals surface area contributed by atoms with E-state index in [1.807, 2.05) is 0 Å². The maximum absolute atomic E-state index is 13.5. The summed E-state index contributed by atoms with van der Waals surface area (Å²) in [5, 5.41) is 8.94. The number of aromatic nitrogens is 1. The van der Waals surface area contributed by atoms with Crippen LogP contribution in [0.3, 0.4) is 0 Å². The van der Waals surface area contributed by atoms with Crippen molar-refractivity contribution in [1.82, 2.24) is 4.98 Å².